The minimum absolute atomic E-state index is 0.727. The molecule has 76 valence electrons. The fourth-order valence-electron chi connectivity index (χ4n) is 1.34. The highest BCUT2D eigenvalue weighted by atomic mass is 35.5. The number of halogens is 1. The number of benzene rings is 1. The van der Waals surface area contributed by atoms with E-state index >= 15 is 0 Å². The molecular formula is C11H14ClNO. The van der Waals surface area contributed by atoms with Crippen molar-refractivity contribution in [3.63, 3.8) is 0 Å². The molecule has 1 N–H and O–H groups in total. The Hall–Kier alpha value is -0.890. The highest BCUT2D eigenvalue weighted by molar-refractivity contribution is 6.33. The van der Waals surface area contributed by atoms with E-state index in [-0.39, 0.29) is 0 Å². The summed E-state index contributed by atoms with van der Waals surface area (Å²) in [5.74, 6) is 1.65. The van der Waals surface area contributed by atoms with Crippen molar-refractivity contribution in [1.29, 1.82) is 0 Å². The second kappa shape index (κ2) is 4.09. The van der Waals surface area contributed by atoms with Gasteiger partial charge >= 0.3 is 0 Å². The first-order valence-corrected chi connectivity index (χ1v) is 5.25. The van der Waals surface area contributed by atoms with E-state index in [0.717, 1.165) is 28.9 Å². The first-order valence-electron chi connectivity index (χ1n) is 4.87. The summed E-state index contributed by atoms with van der Waals surface area (Å²) in [7, 11) is 1.64. The Morgan fingerprint density at radius 1 is 1.50 bits per heavy atom. The molecule has 0 bridgehead atoms. The van der Waals surface area contributed by atoms with Gasteiger partial charge in [0.25, 0.3) is 0 Å². The topological polar surface area (TPSA) is 21.3 Å². The quantitative estimate of drug-likeness (QED) is 0.826. The predicted molar refractivity (Wildman–Crippen MR) is 59.2 cm³/mol. The molecule has 2 rings (SSSR count). The van der Waals surface area contributed by atoms with E-state index < -0.39 is 0 Å². The molecule has 1 aliphatic rings. The van der Waals surface area contributed by atoms with Crippen LogP contribution in [0.1, 0.15) is 12.8 Å². The number of anilines is 1. The summed E-state index contributed by atoms with van der Waals surface area (Å²) >= 11 is 6.07. The number of nitrogens with one attached hydrogen (secondary N) is 1. The van der Waals surface area contributed by atoms with E-state index in [1.807, 2.05) is 18.2 Å². The lowest BCUT2D eigenvalue weighted by atomic mass is 10.3. The van der Waals surface area contributed by atoms with Crippen LogP contribution in [0.3, 0.4) is 0 Å². The van der Waals surface area contributed by atoms with Crippen molar-refractivity contribution in [3.05, 3.63) is 23.2 Å². The molecule has 0 aliphatic heterocycles. The minimum Gasteiger partial charge on any atom is -0.497 e. The van der Waals surface area contributed by atoms with Crippen LogP contribution in [0.25, 0.3) is 0 Å². The van der Waals surface area contributed by atoms with E-state index in [2.05, 4.69) is 5.32 Å². The van der Waals surface area contributed by atoms with Crippen LogP contribution in [0, 0.1) is 5.92 Å². The Bertz CT molecular complexity index is 323. The second-order valence-electron chi connectivity index (χ2n) is 3.67. The molecule has 0 unspecified atom stereocenters. The fraction of sp³-hybridized carbons (Fsp3) is 0.455. The maximum Gasteiger partial charge on any atom is 0.120 e. The third-order valence-electron chi connectivity index (χ3n) is 2.45. The van der Waals surface area contributed by atoms with Crippen LogP contribution in [0.2, 0.25) is 5.02 Å². The van der Waals surface area contributed by atoms with E-state index in [0.29, 0.717) is 0 Å². The van der Waals surface area contributed by atoms with Crippen molar-refractivity contribution in [2.45, 2.75) is 12.8 Å². The molecule has 0 saturated heterocycles. The van der Waals surface area contributed by atoms with Crippen LogP contribution < -0.4 is 10.1 Å². The number of rotatable bonds is 4. The third kappa shape index (κ3) is 2.32. The molecule has 14 heavy (non-hydrogen) atoms. The maximum atomic E-state index is 6.07. The van der Waals surface area contributed by atoms with Gasteiger partial charge in [-0.3, -0.25) is 0 Å². The number of hydrogen-bond donors (Lipinski definition) is 1. The number of methoxy groups -OCH3 is 1. The van der Waals surface area contributed by atoms with Gasteiger partial charge in [0.2, 0.25) is 0 Å². The lowest BCUT2D eigenvalue weighted by molar-refractivity contribution is 0.415. The molecule has 0 spiro atoms. The van der Waals surface area contributed by atoms with Gasteiger partial charge < -0.3 is 10.1 Å². The normalized spacial score (nSPS) is 15.3. The molecule has 0 aromatic heterocycles. The summed E-state index contributed by atoms with van der Waals surface area (Å²) in [6.07, 6.45) is 2.70. The molecule has 1 saturated carbocycles. The van der Waals surface area contributed by atoms with Crippen molar-refractivity contribution >= 4 is 17.3 Å². The van der Waals surface area contributed by atoms with Crippen LogP contribution in [-0.2, 0) is 0 Å². The zero-order chi connectivity index (χ0) is 9.97. The average Bonchev–Trinajstić information content (AvgIpc) is 2.99. The van der Waals surface area contributed by atoms with Crippen molar-refractivity contribution < 1.29 is 4.74 Å². The van der Waals surface area contributed by atoms with Gasteiger partial charge in [-0.25, -0.2) is 0 Å². The van der Waals surface area contributed by atoms with Crippen molar-refractivity contribution in [1.82, 2.24) is 0 Å². The molecule has 0 atom stereocenters. The Balaban J connectivity index is 2.01. The molecule has 1 aliphatic carbocycles. The van der Waals surface area contributed by atoms with E-state index in [4.69, 9.17) is 16.3 Å². The first kappa shape index (κ1) is 9.66. The average molecular weight is 212 g/mol. The predicted octanol–water partition coefficient (Wildman–Crippen LogP) is 3.17. The van der Waals surface area contributed by atoms with Gasteiger partial charge in [-0.05, 0) is 30.9 Å². The summed E-state index contributed by atoms with van der Waals surface area (Å²) in [4.78, 5) is 0. The van der Waals surface area contributed by atoms with Crippen LogP contribution in [0.4, 0.5) is 5.69 Å². The summed E-state index contributed by atoms with van der Waals surface area (Å²) in [6.45, 7) is 1.03. The SMILES string of the molecule is COc1ccc(NCC2CC2)c(Cl)c1. The lowest BCUT2D eigenvalue weighted by Gasteiger charge is -2.08. The molecular weight excluding hydrogens is 198 g/mol. The van der Waals surface area contributed by atoms with Crippen LogP contribution in [0.15, 0.2) is 18.2 Å². The summed E-state index contributed by atoms with van der Waals surface area (Å²) < 4.78 is 5.08. The molecule has 1 aromatic rings. The zero-order valence-corrected chi connectivity index (χ0v) is 8.97. The van der Waals surface area contributed by atoms with Gasteiger partial charge in [0.15, 0.2) is 0 Å². The monoisotopic (exact) mass is 211 g/mol. The molecule has 2 nitrogen and oxygen atoms in total. The van der Waals surface area contributed by atoms with Gasteiger partial charge in [0.1, 0.15) is 5.75 Å². The molecule has 0 amide bonds. The number of ether oxygens (including phenoxy) is 1. The van der Waals surface area contributed by atoms with Gasteiger partial charge in [-0.2, -0.15) is 0 Å². The molecule has 0 radical (unpaired) electrons. The Kier molecular flexibility index (Phi) is 2.82. The minimum atomic E-state index is 0.727. The zero-order valence-electron chi connectivity index (χ0n) is 8.22. The van der Waals surface area contributed by atoms with Gasteiger partial charge in [-0.1, -0.05) is 11.6 Å². The van der Waals surface area contributed by atoms with E-state index in [1.54, 1.807) is 7.11 Å². The smallest absolute Gasteiger partial charge is 0.120 e. The van der Waals surface area contributed by atoms with Crippen molar-refractivity contribution in [2.75, 3.05) is 19.0 Å². The Labute approximate surface area is 89.2 Å². The fourth-order valence-corrected chi connectivity index (χ4v) is 1.58. The van der Waals surface area contributed by atoms with Gasteiger partial charge in [0, 0.05) is 12.6 Å². The Morgan fingerprint density at radius 2 is 2.29 bits per heavy atom. The molecule has 1 fully saturated rings. The lowest BCUT2D eigenvalue weighted by Crippen LogP contribution is -2.03. The first-order chi connectivity index (χ1) is 6.79. The second-order valence-corrected chi connectivity index (χ2v) is 4.08. The standard InChI is InChI=1S/C11H14ClNO/c1-14-9-4-5-11(10(12)6-9)13-7-8-2-3-8/h4-6,8,13H,2-3,7H2,1H3. The molecule has 0 heterocycles. The van der Waals surface area contributed by atoms with Crippen LogP contribution in [-0.4, -0.2) is 13.7 Å². The maximum absolute atomic E-state index is 6.07. The largest absolute Gasteiger partial charge is 0.497 e. The molecule has 3 heteroatoms. The van der Waals surface area contributed by atoms with Gasteiger partial charge in [0.05, 0.1) is 17.8 Å². The summed E-state index contributed by atoms with van der Waals surface area (Å²) in [5, 5.41) is 4.07. The molecule has 1 aromatic carbocycles. The van der Waals surface area contributed by atoms with Crippen LogP contribution >= 0.6 is 11.6 Å². The Morgan fingerprint density at radius 3 is 2.86 bits per heavy atom. The summed E-state index contributed by atoms with van der Waals surface area (Å²) in [6, 6.07) is 5.71. The summed E-state index contributed by atoms with van der Waals surface area (Å²) in [5.41, 5.74) is 0.999. The van der Waals surface area contributed by atoms with Crippen molar-refractivity contribution in [3.8, 4) is 5.75 Å². The highest BCUT2D eigenvalue weighted by Gasteiger charge is 2.20. The van der Waals surface area contributed by atoms with E-state index in [9.17, 15) is 0 Å². The van der Waals surface area contributed by atoms with Crippen molar-refractivity contribution in [2.24, 2.45) is 5.92 Å². The number of hydrogen-bond acceptors (Lipinski definition) is 2. The highest BCUT2D eigenvalue weighted by Crippen LogP contribution is 2.31. The third-order valence-corrected chi connectivity index (χ3v) is 2.77. The van der Waals surface area contributed by atoms with Crippen LogP contribution in [0.5, 0.6) is 5.75 Å². The van der Waals surface area contributed by atoms with E-state index in [1.165, 1.54) is 12.8 Å². The van der Waals surface area contributed by atoms with Gasteiger partial charge in [-0.15, -0.1) is 0 Å².